The molecule has 2 rings (SSSR count). The van der Waals surface area contributed by atoms with Crippen LogP contribution in [-0.4, -0.2) is 6.61 Å². The van der Waals surface area contributed by atoms with E-state index >= 15 is 0 Å². The summed E-state index contributed by atoms with van der Waals surface area (Å²) in [6.45, 7) is 2.47. The summed E-state index contributed by atoms with van der Waals surface area (Å²) >= 11 is 0. The third kappa shape index (κ3) is 3.98. The zero-order valence-corrected chi connectivity index (χ0v) is 11.0. The molecule has 2 N–H and O–H groups in total. The van der Waals surface area contributed by atoms with Crippen LogP contribution in [0.15, 0.2) is 42.5 Å². The lowest BCUT2D eigenvalue weighted by Gasteiger charge is -2.09. The molecule has 2 aromatic carbocycles. The van der Waals surface area contributed by atoms with E-state index in [0.29, 0.717) is 6.61 Å². The molecule has 0 fully saturated rings. The number of halogens is 1. The number of nitrogens with two attached hydrogens (primary N) is 1. The molecule has 0 unspecified atom stereocenters. The number of aryl methyl sites for hydroxylation is 2. The second kappa shape index (κ2) is 6.23. The van der Waals surface area contributed by atoms with E-state index in [1.165, 1.54) is 17.7 Å². The van der Waals surface area contributed by atoms with Gasteiger partial charge in [-0.3, -0.25) is 0 Å². The van der Waals surface area contributed by atoms with Gasteiger partial charge in [0.2, 0.25) is 0 Å². The third-order valence-electron chi connectivity index (χ3n) is 2.98. The Kier molecular flexibility index (Phi) is 4.39. The van der Waals surface area contributed by atoms with Crippen molar-refractivity contribution in [3.8, 4) is 5.75 Å². The normalized spacial score (nSPS) is 10.4. The van der Waals surface area contributed by atoms with Crippen LogP contribution >= 0.6 is 0 Å². The summed E-state index contributed by atoms with van der Waals surface area (Å²) in [4.78, 5) is 0. The highest BCUT2D eigenvalue weighted by Crippen LogP contribution is 2.18. The van der Waals surface area contributed by atoms with Crippen molar-refractivity contribution in [1.82, 2.24) is 0 Å². The summed E-state index contributed by atoms with van der Waals surface area (Å²) in [5.41, 5.74) is 8.48. The molecule has 0 saturated carbocycles. The zero-order chi connectivity index (χ0) is 13.7. The van der Waals surface area contributed by atoms with Crippen molar-refractivity contribution in [3.63, 3.8) is 0 Å². The molecule has 100 valence electrons. The fraction of sp³-hybridized carbons (Fsp3) is 0.250. The Hall–Kier alpha value is -2.03. The van der Waals surface area contributed by atoms with E-state index in [0.717, 1.165) is 29.8 Å². The van der Waals surface area contributed by atoms with Crippen molar-refractivity contribution in [3.05, 3.63) is 59.4 Å². The highest BCUT2D eigenvalue weighted by molar-refractivity contribution is 5.39. The van der Waals surface area contributed by atoms with Gasteiger partial charge in [0.15, 0.2) is 0 Å². The molecule has 0 atom stereocenters. The molecule has 0 radical (unpaired) electrons. The van der Waals surface area contributed by atoms with Crippen LogP contribution in [0.5, 0.6) is 5.75 Å². The summed E-state index contributed by atoms with van der Waals surface area (Å²) in [6.07, 6.45) is 1.86. The number of benzene rings is 2. The van der Waals surface area contributed by atoms with Gasteiger partial charge in [-0.15, -0.1) is 0 Å². The Bertz CT molecular complexity index is 537. The molecule has 0 spiro atoms. The maximum absolute atomic E-state index is 12.9. The average molecular weight is 259 g/mol. The Morgan fingerprint density at radius 1 is 1.11 bits per heavy atom. The largest absolute Gasteiger partial charge is 0.493 e. The molecule has 3 heteroatoms. The van der Waals surface area contributed by atoms with Crippen LogP contribution in [0.2, 0.25) is 0 Å². The summed E-state index contributed by atoms with van der Waals surface area (Å²) < 4.78 is 18.6. The second-order valence-corrected chi connectivity index (χ2v) is 4.60. The molecule has 2 nitrogen and oxygen atoms in total. The van der Waals surface area contributed by atoms with Gasteiger partial charge in [-0.1, -0.05) is 12.1 Å². The maximum atomic E-state index is 12.9. The van der Waals surface area contributed by atoms with Crippen LogP contribution in [0, 0.1) is 12.7 Å². The predicted molar refractivity (Wildman–Crippen MR) is 75.8 cm³/mol. The lowest BCUT2D eigenvalue weighted by atomic mass is 10.1. The van der Waals surface area contributed by atoms with Gasteiger partial charge < -0.3 is 10.5 Å². The first-order valence-corrected chi connectivity index (χ1v) is 6.38. The lowest BCUT2D eigenvalue weighted by Crippen LogP contribution is -2.01. The molecular formula is C16H18FNO. The van der Waals surface area contributed by atoms with Crippen molar-refractivity contribution >= 4 is 5.69 Å². The number of ether oxygens (including phenoxy) is 1. The van der Waals surface area contributed by atoms with Crippen molar-refractivity contribution in [2.45, 2.75) is 19.8 Å². The molecule has 0 saturated heterocycles. The number of rotatable bonds is 5. The van der Waals surface area contributed by atoms with E-state index in [9.17, 15) is 4.39 Å². The van der Waals surface area contributed by atoms with E-state index in [1.54, 1.807) is 6.07 Å². The van der Waals surface area contributed by atoms with Crippen LogP contribution < -0.4 is 10.5 Å². The topological polar surface area (TPSA) is 35.2 Å². The summed E-state index contributed by atoms with van der Waals surface area (Å²) in [5.74, 6) is 0.519. The lowest BCUT2D eigenvalue weighted by molar-refractivity contribution is 0.308. The van der Waals surface area contributed by atoms with Crippen molar-refractivity contribution in [2.75, 3.05) is 12.3 Å². The molecule has 19 heavy (non-hydrogen) atoms. The number of hydrogen-bond acceptors (Lipinski definition) is 2. The average Bonchev–Trinajstić information content (AvgIpc) is 2.39. The highest BCUT2D eigenvalue weighted by atomic mass is 19.1. The van der Waals surface area contributed by atoms with E-state index in [1.807, 2.05) is 31.2 Å². The van der Waals surface area contributed by atoms with Crippen LogP contribution in [0.1, 0.15) is 17.5 Å². The molecular weight excluding hydrogens is 241 g/mol. The van der Waals surface area contributed by atoms with Crippen LogP contribution in [-0.2, 0) is 6.42 Å². The van der Waals surface area contributed by atoms with Gasteiger partial charge in [-0.05, 0) is 61.2 Å². The molecule has 2 aromatic rings. The van der Waals surface area contributed by atoms with Gasteiger partial charge in [0.05, 0.1) is 6.61 Å². The molecule has 0 aromatic heterocycles. The predicted octanol–water partition coefficient (Wildman–Crippen LogP) is 3.73. The van der Waals surface area contributed by atoms with E-state index in [2.05, 4.69) is 0 Å². The molecule has 0 amide bonds. The number of anilines is 1. The van der Waals surface area contributed by atoms with Gasteiger partial charge in [-0.2, -0.15) is 0 Å². The van der Waals surface area contributed by atoms with Crippen molar-refractivity contribution < 1.29 is 9.13 Å². The van der Waals surface area contributed by atoms with Gasteiger partial charge in [0, 0.05) is 5.69 Å². The number of hydrogen-bond donors (Lipinski definition) is 1. The van der Waals surface area contributed by atoms with E-state index in [4.69, 9.17) is 10.5 Å². The minimum Gasteiger partial charge on any atom is -0.493 e. The molecule has 0 aliphatic carbocycles. The number of nitrogen functional groups attached to an aromatic ring is 1. The summed E-state index contributed by atoms with van der Waals surface area (Å²) in [5, 5.41) is 0. The summed E-state index contributed by atoms with van der Waals surface area (Å²) in [6, 6.07) is 12.4. The SMILES string of the molecule is Cc1cc(F)ccc1OCCCc1ccc(N)cc1. The van der Waals surface area contributed by atoms with Gasteiger partial charge in [0.1, 0.15) is 11.6 Å². The van der Waals surface area contributed by atoms with E-state index in [-0.39, 0.29) is 5.82 Å². The van der Waals surface area contributed by atoms with Gasteiger partial charge in [-0.25, -0.2) is 4.39 Å². The first-order valence-electron chi connectivity index (χ1n) is 6.38. The first kappa shape index (κ1) is 13.4. The molecule has 0 bridgehead atoms. The minimum absolute atomic E-state index is 0.230. The highest BCUT2D eigenvalue weighted by Gasteiger charge is 2.01. The van der Waals surface area contributed by atoms with Gasteiger partial charge >= 0.3 is 0 Å². The van der Waals surface area contributed by atoms with Crippen LogP contribution in [0.25, 0.3) is 0 Å². The zero-order valence-electron chi connectivity index (χ0n) is 11.0. The maximum Gasteiger partial charge on any atom is 0.123 e. The fourth-order valence-electron chi connectivity index (χ4n) is 1.92. The monoisotopic (exact) mass is 259 g/mol. The molecule has 0 heterocycles. The van der Waals surface area contributed by atoms with Gasteiger partial charge in [0.25, 0.3) is 0 Å². The van der Waals surface area contributed by atoms with Crippen LogP contribution in [0.3, 0.4) is 0 Å². The molecule has 0 aliphatic rings. The minimum atomic E-state index is -0.230. The third-order valence-corrected chi connectivity index (χ3v) is 2.98. The fourth-order valence-corrected chi connectivity index (χ4v) is 1.92. The Balaban J connectivity index is 1.79. The van der Waals surface area contributed by atoms with Crippen molar-refractivity contribution in [2.24, 2.45) is 0 Å². The quantitative estimate of drug-likeness (QED) is 0.656. The van der Waals surface area contributed by atoms with Crippen LogP contribution in [0.4, 0.5) is 10.1 Å². The Labute approximate surface area is 113 Å². The molecule has 0 aliphatic heterocycles. The Morgan fingerprint density at radius 2 is 1.84 bits per heavy atom. The van der Waals surface area contributed by atoms with Crippen molar-refractivity contribution in [1.29, 1.82) is 0 Å². The van der Waals surface area contributed by atoms with E-state index < -0.39 is 0 Å². The second-order valence-electron chi connectivity index (χ2n) is 4.60. The smallest absolute Gasteiger partial charge is 0.123 e. The standard InChI is InChI=1S/C16H18FNO/c1-12-11-14(17)6-9-16(12)19-10-2-3-13-4-7-15(18)8-5-13/h4-9,11H,2-3,10,18H2,1H3. The first-order chi connectivity index (χ1) is 9.15. The summed E-state index contributed by atoms with van der Waals surface area (Å²) in [7, 11) is 0. The Morgan fingerprint density at radius 3 is 2.53 bits per heavy atom.